The molecule has 12 heavy (non-hydrogen) atoms. The third-order valence-corrected chi connectivity index (χ3v) is 3.94. The van der Waals surface area contributed by atoms with Gasteiger partial charge < -0.3 is 5.32 Å². The van der Waals surface area contributed by atoms with Crippen molar-refractivity contribution < 1.29 is 0 Å². The van der Waals surface area contributed by atoms with E-state index in [1.807, 2.05) is 0 Å². The fourth-order valence-corrected chi connectivity index (χ4v) is 2.17. The van der Waals surface area contributed by atoms with Crippen molar-refractivity contribution in [2.45, 2.75) is 59.0 Å². The third-order valence-electron chi connectivity index (χ3n) is 3.94. The molecule has 0 aliphatic heterocycles. The van der Waals surface area contributed by atoms with Crippen molar-refractivity contribution in [3.63, 3.8) is 0 Å². The lowest BCUT2D eigenvalue weighted by atomic mass is 9.67. The summed E-state index contributed by atoms with van der Waals surface area (Å²) in [7, 11) is 0. The summed E-state index contributed by atoms with van der Waals surface area (Å²) in [4.78, 5) is 0. The average molecular weight is 167 g/mol. The Morgan fingerprint density at radius 2 is 1.58 bits per heavy atom. The van der Waals surface area contributed by atoms with E-state index in [2.05, 4.69) is 33.0 Å². The molecule has 0 aromatic carbocycles. The van der Waals surface area contributed by atoms with Crippen LogP contribution in [0.25, 0.3) is 0 Å². The van der Waals surface area contributed by atoms with Crippen LogP contribution in [0.2, 0.25) is 0 Å². The number of rotatable bonds is 2. The van der Waals surface area contributed by atoms with Gasteiger partial charge in [-0.2, -0.15) is 0 Å². The molecule has 0 spiro atoms. The molecular weight excluding hydrogens is 146 g/mol. The number of nitrogens with one attached hydrogen (secondary N) is 1. The monoisotopic (exact) mass is 167 g/mol. The van der Waals surface area contributed by atoms with E-state index in [1.165, 1.54) is 19.3 Å². The van der Waals surface area contributed by atoms with Gasteiger partial charge in [-0.25, -0.2) is 0 Å². The summed E-state index contributed by atoms with van der Waals surface area (Å²) in [6.45, 7) is 9.47. The topological polar surface area (TPSA) is 12.0 Å². The van der Waals surface area contributed by atoms with Crippen LogP contribution in [-0.2, 0) is 0 Å². The first-order valence-electron chi connectivity index (χ1n) is 5.18. The van der Waals surface area contributed by atoms with Gasteiger partial charge in [-0.1, -0.05) is 27.7 Å². The standard InChI is InChI=1S/C11H21N/c1-10(2)6-5-8(10)12-9-7-11(9,3)4/h8-9,12H,5-7H2,1-4H3. The smallest absolute Gasteiger partial charge is 0.0127 e. The summed E-state index contributed by atoms with van der Waals surface area (Å²) in [6, 6.07) is 1.60. The van der Waals surface area contributed by atoms with Gasteiger partial charge in [-0.05, 0) is 30.1 Å². The lowest BCUT2D eigenvalue weighted by Crippen LogP contribution is -2.51. The van der Waals surface area contributed by atoms with Crippen LogP contribution in [0.4, 0.5) is 0 Å². The molecule has 1 N–H and O–H groups in total. The third kappa shape index (κ3) is 1.28. The van der Waals surface area contributed by atoms with Crippen molar-refractivity contribution in [3.8, 4) is 0 Å². The van der Waals surface area contributed by atoms with Crippen LogP contribution in [-0.4, -0.2) is 12.1 Å². The highest BCUT2D eigenvalue weighted by atomic mass is 15.0. The van der Waals surface area contributed by atoms with Crippen LogP contribution in [0.5, 0.6) is 0 Å². The van der Waals surface area contributed by atoms with Crippen LogP contribution in [0, 0.1) is 10.8 Å². The zero-order valence-corrected chi connectivity index (χ0v) is 8.78. The highest BCUT2D eigenvalue weighted by Crippen LogP contribution is 2.48. The van der Waals surface area contributed by atoms with Crippen LogP contribution in [0.3, 0.4) is 0 Å². The van der Waals surface area contributed by atoms with Crippen molar-refractivity contribution in [3.05, 3.63) is 0 Å². The van der Waals surface area contributed by atoms with Crippen molar-refractivity contribution in [1.29, 1.82) is 0 Å². The molecule has 2 aliphatic carbocycles. The van der Waals surface area contributed by atoms with Gasteiger partial charge in [-0.15, -0.1) is 0 Å². The molecule has 0 aromatic heterocycles. The van der Waals surface area contributed by atoms with Crippen LogP contribution >= 0.6 is 0 Å². The molecule has 2 fully saturated rings. The van der Waals surface area contributed by atoms with E-state index in [0.29, 0.717) is 10.8 Å². The predicted molar refractivity (Wildman–Crippen MR) is 52.1 cm³/mol. The second-order valence-electron chi connectivity index (χ2n) is 5.99. The van der Waals surface area contributed by atoms with Crippen molar-refractivity contribution in [2.24, 2.45) is 10.8 Å². The molecule has 2 aliphatic rings. The largest absolute Gasteiger partial charge is 0.310 e. The van der Waals surface area contributed by atoms with Crippen molar-refractivity contribution >= 4 is 0 Å². The fraction of sp³-hybridized carbons (Fsp3) is 1.00. The molecule has 0 saturated heterocycles. The molecule has 0 bridgehead atoms. The summed E-state index contributed by atoms with van der Waals surface area (Å²) in [6.07, 6.45) is 4.16. The SMILES string of the molecule is CC1(C)CCC1NC1CC1(C)C. The molecular formula is C11H21N. The van der Waals surface area contributed by atoms with Gasteiger partial charge in [0.05, 0.1) is 0 Å². The van der Waals surface area contributed by atoms with Gasteiger partial charge in [0.2, 0.25) is 0 Å². The van der Waals surface area contributed by atoms with E-state index < -0.39 is 0 Å². The Morgan fingerprint density at radius 3 is 1.83 bits per heavy atom. The zero-order valence-electron chi connectivity index (χ0n) is 8.78. The van der Waals surface area contributed by atoms with Gasteiger partial charge >= 0.3 is 0 Å². The minimum absolute atomic E-state index is 0.568. The van der Waals surface area contributed by atoms with E-state index in [1.54, 1.807) is 0 Å². The van der Waals surface area contributed by atoms with Gasteiger partial charge in [-0.3, -0.25) is 0 Å². The van der Waals surface area contributed by atoms with Crippen molar-refractivity contribution in [1.82, 2.24) is 5.32 Å². The molecule has 1 heteroatoms. The minimum atomic E-state index is 0.568. The second-order valence-corrected chi connectivity index (χ2v) is 5.99. The average Bonchev–Trinajstić information content (AvgIpc) is 2.52. The molecule has 0 heterocycles. The number of hydrogen-bond acceptors (Lipinski definition) is 1. The van der Waals surface area contributed by atoms with Crippen LogP contribution < -0.4 is 5.32 Å². The molecule has 2 unspecified atom stereocenters. The maximum Gasteiger partial charge on any atom is 0.0127 e. The summed E-state index contributed by atoms with van der Waals surface area (Å²) >= 11 is 0. The highest BCUT2D eigenvalue weighted by Gasteiger charge is 2.49. The maximum atomic E-state index is 3.77. The van der Waals surface area contributed by atoms with Gasteiger partial charge in [0, 0.05) is 12.1 Å². The Kier molecular flexibility index (Phi) is 1.61. The molecule has 2 rings (SSSR count). The first kappa shape index (κ1) is 8.55. The Hall–Kier alpha value is -0.0400. The summed E-state index contributed by atoms with van der Waals surface area (Å²) in [5.41, 5.74) is 1.16. The van der Waals surface area contributed by atoms with Gasteiger partial charge in [0.15, 0.2) is 0 Å². The van der Waals surface area contributed by atoms with Crippen LogP contribution in [0.1, 0.15) is 47.0 Å². The summed E-state index contributed by atoms with van der Waals surface area (Å²) in [5.74, 6) is 0. The van der Waals surface area contributed by atoms with E-state index in [0.717, 1.165) is 12.1 Å². The second kappa shape index (κ2) is 2.25. The normalized spacial score (nSPS) is 42.0. The Labute approximate surface area is 75.9 Å². The molecule has 1 nitrogen and oxygen atoms in total. The lowest BCUT2D eigenvalue weighted by Gasteiger charge is -2.45. The molecule has 2 atom stereocenters. The zero-order chi connectivity index (χ0) is 8.98. The molecule has 0 amide bonds. The highest BCUT2D eigenvalue weighted by molar-refractivity contribution is 5.06. The fourth-order valence-electron chi connectivity index (χ4n) is 2.17. The number of hydrogen-bond donors (Lipinski definition) is 1. The van der Waals surface area contributed by atoms with E-state index in [-0.39, 0.29) is 0 Å². The van der Waals surface area contributed by atoms with Gasteiger partial charge in [0.1, 0.15) is 0 Å². The lowest BCUT2D eigenvalue weighted by molar-refractivity contribution is 0.104. The van der Waals surface area contributed by atoms with E-state index in [9.17, 15) is 0 Å². The van der Waals surface area contributed by atoms with Crippen LogP contribution in [0.15, 0.2) is 0 Å². The van der Waals surface area contributed by atoms with Gasteiger partial charge in [0.25, 0.3) is 0 Å². The first-order valence-corrected chi connectivity index (χ1v) is 5.18. The first-order chi connectivity index (χ1) is 5.42. The Bertz CT molecular complexity index is 193. The minimum Gasteiger partial charge on any atom is -0.310 e. The maximum absolute atomic E-state index is 3.77. The summed E-state index contributed by atoms with van der Waals surface area (Å²) < 4.78 is 0. The van der Waals surface area contributed by atoms with Crippen molar-refractivity contribution in [2.75, 3.05) is 0 Å². The Morgan fingerprint density at radius 1 is 1.00 bits per heavy atom. The molecule has 70 valence electrons. The molecule has 0 radical (unpaired) electrons. The molecule has 0 aromatic rings. The van der Waals surface area contributed by atoms with E-state index in [4.69, 9.17) is 0 Å². The Balaban J connectivity index is 1.82. The van der Waals surface area contributed by atoms with E-state index >= 15 is 0 Å². The predicted octanol–water partition coefficient (Wildman–Crippen LogP) is 2.56. The summed E-state index contributed by atoms with van der Waals surface area (Å²) in [5, 5.41) is 3.77. The quantitative estimate of drug-likeness (QED) is 0.666. The molecule has 2 saturated carbocycles.